The topological polar surface area (TPSA) is 27.1 Å². The summed E-state index contributed by atoms with van der Waals surface area (Å²) in [6.07, 6.45) is 9.60. The summed E-state index contributed by atoms with van der Waals surface area (Å²) in [6.45, 7) is 1.36. The highest BCUT2D eigenvalue weighted by Crippen LogP contribution is 2.25. The van der Waals surface area contributed by atoms with Crippen LogP contribution in [0.1, 0.15) is 0 Å². The van der Waals surface area contributed by atoms with Gasteiger partial charge < -0.3 is 9.30 Å². The number of allylic oxidation sites excluding steroid dienone is 1. The van der Waals surface area contributed by atoms with Crippen LogP contribution in [-0.4, -0.2) is 16.2 Å². The lowest BCUT2D eigenvalue weighted by Gasteiger charge is -2.07. The van der Waals surface area contributed by atoms with Gasteiger partial charge >= 0.3 is 0 Å². The molecular weight excluding hydrogens is 352 g/mol. The van der Waals surface area contributed by atoms with Gasteiger partial charge in [0, 0.05) is 23.4 Å². The van der Waals surface area contributed by atoms with Crippen molar-refractivity contribution in [3.63, 3.8) is 0 Å². The third-order valence-electron chi connectivity index (χ3n) is 3.40. The molecule has 0 spiro atoms. The lowest BCUT2D eigenvalue weighted by molar-refractivity contribution is 0.362. The molecule has 0 atom stereocenters. The van der Waals surface area contributed by atoms with E-state index >= 15 is 0 Å². The summed E-state index contributed by atoms with van der Waals surface area (Å²) in [7, 11) is 0. The highest BCUT2D eigenvalue weighted by Gasteiger charge is 1.99. The van der Waals surface area contributed by atoms with E-state index < -0.39 is 0 Å². The molecule has 4 heteroatoms. The Morgan fingerprint density at radius 2 is 1.91 bits per heavy atom. The third-order valence-corrected chi connectivity index (χ3v) is 3.93. The summed E-state index contributed by atoms with van der Waals surface area (Å²) < 4.78 is 8.88. The van der Waals surface area contributed by atoms with E-state index in [9.17, 15) is 0 Å². The predicted molar refractivity (Wildman–Crippen MR) is 96.4 cm³/mol. The number of hydrogen-bond acceptors (Lipinski definition) is 2. The zero-order valence-electron chi connectivity index (χ0n) is 12.6. The molecule has 3 aromatic rings. The lowest BCUT2D eigenvalue weighted by atomic mass is 10.1. The number of hydrogen-bond donors (Lipinski definition) is 0. The zero-order chi connectivity index (χ0) is 15.9. The van der Waals surface area contributed by atoms with E-state index in [-0.39, 0.29) is 0 Å². The van der Waals surface area contributed by atoms with Crippen molar-refractivity contribution < 1.29 is 4.74 Å². The maximum atomic E-state index is 5.79. The van der Waals surface area contributed by atoms with E-state index in [0.29, 0.717) is 6.61 Å². The Kier molecular flexibility index (Phi) is 5.27. The quantitative estimate of drug-likeness (QED) is 0.575. The molecule has 1 heterocycles. The Balaban J connectivity index is 1.57. The second-order valence-electron chi connectivity index (χ2n) is 5.08. The molecule has 3 nitrogen and oxygen atoms in total. The Bertz CT molecular complexity index is 764. The lowest BCUT2D eigenvalue weighted by Crippen LogP contribution is -1.95. The first-order chi connectivity index (χ1) is 11.3. The fourth-order valence-electron chi connectivity index (χ4n) is 2.21. The van der Waals surface area contributed by atoms with Crippen molar-refractivity contribution in [1.29, 1.82) is 0 Å². The molecule has 0 aliphatic heterocycles. The first-order valence-electron chi connectivity index (χ1n) is 7.41. The molecule has 23 heavy (non-hydrogen) atoms. The van der Waals surface area contributed by atoms with Gasteiger partial charge in [0.05, 0.1) is 6.33 Å². The van der Waals surface area contributed by atoms with Gasteiger partial charge in [-0.25, -0.2) is 4.98 Å². The van der Waals surface area contributed by atoms with Crippen molar-refractivity contribution in [1.82, 2.24) is 9.55 Å². The first kappa shape index (κ1) is 15.6. The minimum absolute atomic E-state index is 0.554. The number of benzene rings is 2. The van der Waals surface area contributed by atoms with E-state index in [4.69, 9.17) is 4.74 Å². The van der Waals surface area contributed by atoms with Gasteiger partial charge in [0.15, 0.2) is 0 Å². The van der Waals surface area contributed by atoms with Gasteiger partial charge in [-0.05, 0) is 41.5 Å². The minimum Gasteiger partial charge on any atom is -0.490 e. The Hall–Kier alpha value is -2.33. The second kappa shape index (κ2) is 7.79. The maximum absolute atomic E-state index is 5.79. The monoisotopic (exact) mass is 368 g/mol. The SMILES string of the molecule is Brc1ccc(-c2cccc(OCC=CCn3ccnc3)c2)cc1. The number of halogens is 1. The number of nitrogens with zero attached hydrogens (tertiary/aromatic N) is 2. The fourth-order valence-corrected chi connectivity index (χ4v) is 2.48. The summed E-state index contributed by atoms with van der Waals surface area (Å²) in [5.74, 6) is 0.873. The Morgan fingerprint density at radius 3 is 2.70 bits per heavy atom. The molecule has 0 aliphatic carbocycles. The van der Waals surface area contributed by atoms with Gasteiger partial charge in [-0.1, -0.05) is 46.3 Å². The average molecular weight is 369 g/mol. The zero-order valence-corrected chi connectivity index (χ0v) is 14.2. The Labute approximate surface area is 144 Å². The van der Waals surface area contributed by atoms with Crippen molar-refractivity contribution in [3.05, 3.63) is 83.9 Å². The van der Waals surface area contributed by atoms with Gasteiger partial charge in [0.1, 0.15) is 12.4 Å². The van der Waals surface area contributed by atoms with Crippen LogP contribution in [0.5, 0.6) is 5.75 Å². The van der Waals surface area contributed by atoms with Gasteiger partial charge in [-0.2, -0.15) is 0 Å². The number of ether oxygens (including phenoxy) is 1. The smallest absolute Gasteiger partial charge is 0.120 e. The summed E-state index contributed by atoms with van der Waals surface area (Å²) in [5, 5.41) is 0. The van der Waals surface area contributed by atoms with Gasteiger partial charge in [-0.15, -0.1) is 0 Å². The van der Waals surface area contributed by atoms with Crippen LogP contribution < -0.4 is 4.74 Å². The first-order valence-corrected chi connectivity index (χ1v) is 8.20. The molecule has 0 amide bonds. The van der Waals surface area contributed by atoms with Crippen molar-refractivity contribution in [2.24, 2.45) is 0 Å². The number of aromatic nitrogens is 2. The summed E-state index contributed by atoms with van der Waals surface area (Å²) >= 11 is 3.46. The van der Waals surface area contributed by atoms with E-state index in [1.807, 2.05) is 41.1 Å². The average Bonchev–Trinajstić information content (AvgIpc) is 3.09. The summed E-state index contributed by atoms with van der Waals surface area (Å²) in [5.41, 5.74) is 2.33. The van der Waals surface area contributed by atoms with Crippen LogP contribution in [0.15, 0.2) is 83.9 Å². The molecule has 0 aliphatic rings. The van der Waals surface area contributed by atoms with Crippen LogP contribution in [0.4, 0.5) is 0 Å². The molecule has 0 unspecified atom stereocenters. The maximum Gasteiger partial charge on any atom is 0.120 e. The third kappa shape index (κ3) is 4.57. The van der Waals surface area contributed by atoms with Crippen LogP contribution >= 0.6 is 15.9 Å². The van der Waals surface area contributed by atoms with E-state index in [1.165, 1.54) is 5.56 Å². The predicted octanol–water partition coefficient (Wildman–Crippen LogP) is 4.95. The van der Waals surface area contributed by atoms with Gasteiger partial charge in [0.2, 0.25) is 0 Å². The van der Waals surface area contributed by atoms with Crippen molar-refractivity contribution in [3.8, 4) is 16.9 Å². The van der Waals surface area contributed by atoms with Crippen molar-refractivity contribution in [2.75, 3.05) is 6.61 Å². The van der Waals surface area contributed by atoms with Crippen LogP contribution in [-0.2, 0) is 6.54 Å². The van der Waals surface area contributed by atoms with E-state index in [0.717, 1.165) is 22.3 Å². The highest BCUT2D eigenvalue weighted by atomic mass is 79.9. The molecule has 0 radical (unpaired) electrons. The van der Waals surface area contributed by atoms with E-state index in [1.54, 1.807) is 12.5 Å². The van der Waals surface area contributed by atoms with Gasteiger partial charge in [0.25, 0.3) is 0 Å². The molecule has 0 saturated carbocycles. The van der Waals surface area contributed by atoms with Crippen molar-refractivity contribution in [2.45, 2.75) is 6.54 Å². The molecular formula is C19H17BrN2O. The number of rotatable bonds is 6. The molecule has 1 aromatic heterocycles. The fraction of sp³-hybridized carbons (Fsp3) is 0.105. The van der Waals surface area contributed by atoms with Crippen LogP contribution in [0.25, 0.3) is 11.1 Å². The molecule has 2 aromatic carbocycles. The molecule has 0 saturated heterocycles. The van der Waals surface area contributed by atoms with Crippen LogP contribution in [0.3, 0.4) is 0 Å². The summed E-state index contributed by atoms with van der Waals surface area (Å²) in [4.78, 5) is 4.01. The molecule has 0 bridgehead atoms. The highest BCUT2D eigenvalue weighted by molar-refractivity contribution is 9.10. The normalized spacial score (nSPS) is 11.0. The molecule has 3 rings (SSSR count). The minimum atomic E-state index is 0.554. The molecule has 0 N–H and O–H groups in total. The van der Waals surface area contributed by atoms with E-state index in [2.05, 4.69) is 51.3 Å². The largest absolute Gasteiger partial charge is 0.490 e. The van der Waals surface area contributed by atoms with Crippen LogP contribution in [0, 0.1) is 0 Å². The van der Waals surface area contributed by atoms with Gasteiger partial charge in [-0.3, -0.25) is 0 Å². The van der Waals surface area contributed by atoms with Crippen LogP contribution in [0.2, 0.25) is 0 Å². The second-order valence-corrected chi connectivity index (χ2v) is 5.99. The number of imidazole rings is 1. The van der Waals surface area contributed by atoms with Crippen molar-refractivity contribution >= 4 is 15.9 Å². The Morgan fingerprint density at radius 1 is 1.04 bits per heavy atom. The molecule has 0 fully saturated rings. The molecule has 116 valence electrons. The summed E-state index contributed by atoms with van der Waals surface area (Å²) in [6, 6.07) is 16.4. The standard InChI is InChI=1S/C19H17BrN2O/c20-18-8-6-16(7-9-18)17-4-3-5-19(14-17)23-13-2-1-11-22-12-10-21-15-22/h1-10,12,14-15H,11,13H2.